The monoisotopic (exact) mass is 528 g/mol. The van der Waals surface area contributed by atoms with Crippen LogP contribution in [0.25, 0.3) is 0 Å². The summed E-state index contributed by atoms with van der Waals surface area (Å²) < 4.78 is 0. The summed E-state index contributed by atoms with van der Waals surface area (Å²) in [6.07, 6.45) is 1.39. The smallest absolute Gasteiger partial charge is 0.260 e. The molecular formula is C29H40N2O7. The zero-order valence-electron chi connectivity index (χ0n) is 22.7. The Balaban J connectivity index is 1.78. The van der Waals surface area contributed by atoms with Crippen molar-refractivity contribution < 1.29 is 35.4 Å². The molecule has 3 atom stereocenters. The van der Waals surface area contributed by atoms with E-state index in [-0.39, 0.29) is 35.7 Å². The van der Waals surface area contributed by atoms with Crippen LogP contribution in [0.2, 0.25) is 0 Å². The number of aliphatic hydroxyl groups is 4. The number of nitrogens with zero attached hydrogens (tertiary/aromatic N) is 1. The number of phenols is 2. The van der Waals surface area contributed by atoms with Gasteiger partial charge in [-0.15, -0.1) is 0 Å². The van der Waals surface area contributed by atoms with Crippen LogP contribution in [0.5, 0.6) is 11.5 Å². The Morgan fingerprint density at radius 2 is 1.76 bits per heavy atom. The number of aliphatic hydroxyl groups excluding tert-OH is 2. The minimum atomic E-state index is -1.54. The fraction of sp³-hybridized carbons (Fsp3) is 0.483. The van der Waals surface area contributed by atoms with Crippen molar-refractivity contribution in [1.29, 1.82) is 0 Å². The van der Waals surface area contributed by atoms with E-state index in [1.54, 1.807) is 32.9 Å². The molecule has 1 amide bonds. The van der Waals surface area contributed by atoms with Crippen LogP contribution < -0.4 is 10.2 Å². The third-order valence-corrected chi connectivity index (χ3v) is 7.20. The summed E-state index contributed by atoms with van der Waals surface area (Å²) in [6, 6.07) is 7.51. The van der Waals surface area contributed by atoms with Gasteiger partial charge in [0.2, 0.25) is 0 Å². The highest BCUT2D eigenvalue weighted by molar-refractivity contribution is 6.14. The zero-order chi connectivity index (χ0) is 28.4. The fourth-order valence-electron chi connectivity index (χ4n) is 4.50. The van der Waals surface area contributed by atoms with Crippen LogP contribution in [0.15, 0.2) is 42.0 Å². The molecule has 208 valence electrons. The number of benzene rings is 2. The summed E-state index contributed by atoms with van der Waals surface area (Å²) in [5.41, 5.74) is 0.132. The van der Waals surface area contributed by atoms with Crippen molar-refractivity contribution in [1.82, 2.24) is 0 Å². The van der Waals surface area contributed by atoms with Gasteiger partial charge in [-0.1, -0.05) is 17.7 Å². The van der Waals surface area contributed by atoms with Crippen LogP contribution in [0.1, 0.15) is 69.3 Å². The molecule has 7 N–H and O–H groups in total. The quantitative estimate of drug-likeness (QED) is 0.139. The Hall–Kier alpha value is -3.11. The highest BCUT2D eigenvalue weighted by Gasteiger charge is 2.36. The number of aryl methyl sites for hydroxylation is 1. The van der Waals surface area contributed by atoms with E-state index in [9.17, 15) is 35.4 Å². The molecule has 0 radical (unpaired) electrons. The maximum absolute atomic E-state index is 13.6. The first kappa shape index (κ1) is 29.4. The number of allylic oxidation sites excluding steroid dienone is 2. The third-order valence-electron chi connectivity index (χ3n) is 7.20. The molecule has 9 heteroatoms. The van der Waals surface area contributed by atoms with Crippen LogP contribution in [-0.4, -0.2) is 66.5 Å². The molecule has 3 unspecified atom stereocenters. The number of nitrogens with one attached hydrogen (secondary N) is 1. The number of phenolic OH excluding ortho intramolecular Hbond substituents is 2. The van der Waals surface area contributed by atoms with Crippen LogP contribution in [0.4, 0.5) is 17.1 Å². The van der Waals surface area contributed by atoms with Gasteiger partial charge in [0.05, 0.1) is 46.5 Å². The summed E-state index contributed by atoms with van der Waals surface area (Å²) in [5, 5.41) is 65.9. The molecule has 0 spiro atoms. The topological polar surface area (TPSA) is 154 Å². The van der Waals surface area contributed by atoms with E-state index in [1.165, 1.54) is 30.0 Å². The number of β-amino-alcohol motifs (C(OH)–C–C–N with tert-alkyl or cyclic N) is 1. The van der Waals surface area contributed by atoms with Gasteiger partial charge in [-0.05, 0) is 84.1 Å². The number of hydrogen-bond acceptors (Lipinski definition) is 8. The molecule has 0 aromatic heterocycles. The van der Waals surface area contributed by atoms with Crippen molar-refractivity contribution in [3.05, 3.63) is 53.1 Å². The van der Waals surface area contributed by atoms with E-state index in [1.807, 2.05) is 13.0 Å². The van der Waals surface area contributed by atoms with Gasteiger partial charge < -0.3 is 40.9 Å². The SMILES string of the molecule is C/C(=C\CCC(C)(O)C(O)CN1C(=O)c2cccc(O)c2Nc2c(C)cc(O)cc21)CCC(O)C(C)(C)O. The van der Waals surface area contributed by atoms with Crippen LogP contribution in [0.3, 0.4) is 0 Å². The van der Waals surface area contributed by atoms with Gasteiger partial charge in [0.15, 0.2) is 0 Å². The maximum Gasteiger partial charge on any atom is 0.260 e. The number of para-hydroxylation sites is 1. The Bertz CT molecular complexity index is 1200. The first-order valence-corrected chi connectivity index (χ1v) is 12.8. The highest BCUT2D eigenvalue weighted by atomic mass is 16.3. The van der Waals surface area contributed by atoms with Crippen molar-refractivity contribution in [2.24, 2.45) is 0 Å². The molecule has 38 heavy (non-hydrogen) atoms. The van der Waals surface area contributed by atoms with Crippen LogP contribution >= 0.6 is 0 Å². The third kappa shape index (κ3) is 6.66. The summed E-state index contributed by atoms with van der Waals surface area (Å²) in [6.45, 7) is 8.03. The molecular weight excluding hydrogens is 488 g/mol. The first-order valence-electron chi connectivity index (χ1n) is 12.8. The predicted molar refractivity (Wildman–Crippen MR) is 147 cm³/mol. The molecule has 0 bridgehead atoms. The van der Waals surface area contributed by atoms with Crippen molar-refractivity contribution in [2.75, 3.05) is 16.8 Å². The van der Waals surface area contributed by atoms with Gasteiger partial charge >= 0.3 is 0 Å². The van der Waals surface area contributed by atoms with Crippen LogP contribution in [-0.2, 0) is 0 Å². The number of hydrogen-bond donors (Lipinski definition) is 7. The van der Waals surface area contributed by atoms with E-state index in [2.05, 4.69) is 5.32 Å². The second kappa shape index (κ2) is 11.3. The van der Waals surface area contributed by atoms with Gasteiger partial charge in [0, 0.05) is 6.07 Å². The van der Waals surface area contributed by atoms with Gasteiger partial charge in [0.1, 0.15) is 17.6 Å². The fourth-order valence-corrected chi connectivity index (χ4v) is 4.50. The molecule has 0 aliphatic carbocycles. The second-order valence-electron chi connectivity index (χ2n) is 11.1. The molecule has 9 nitrogen and oxygen atoms in total. The predicted octanol–water partition coefficient (Wildman–Crippen LogP) is 3.86. The van der Waals surface area contributed by atoms with Crippen molar-refractivity contribution in [3.63, 3.8) is 0 Å². The summed E-state index contributed by atoms with van der Waals surface area (Å²) in [4.78, 5) is 14.9. The van der Waals surface area contributed by atoms with Gasteiger partial charge in [-0.3, -0.25) is 4.79 Å². The molecule has 1 aliphatic heterocycles. The number of fused-ring (bicyclic) bond motifs is 2. The molecule has 0 saturated heterocycles. The van der Waals surface area contributed by atoms with Gasteiger partial charge in [-0.2, -0.15) is 0 Å². The summed E-state index contributed by atoms with van der Waals surface area (Å²) >= 11 is 0. The molecule has 0 fully saturated rings. The zero-order valence-corrected chi connectivity index (χ0v) is 22.7. The van der Waals surface area contributed by atoms with E-state index >= 15 is 0 Å². The number of carbonyl (C=O) groups excluding carboxylic acids is 1. The Kier molecular flexibility index (Phi) is 8.78. The standard InChI is InChI=1S/C29H40N2O7/c1-17(11-12-23(34)28(3,4)37)8-7-13-29(5,38)24(35)16-31-21-15-19(32)14-18(2)25(21)30-26-20(27(31)36)9-6-10-22(26)33/h6,8-10,14-15,23-24,30,32-35,37-38H,7,11-13,16H2,1-5H3/b17-8+. The van der Waals surface area contributed by atoms with E-state index in [4.69, 9.17) is 0 Å². The number of carbonyl (C=O) groups is 1. The minimum absolute atomic E-state index is 0.0624. The molecule has 1 aliphatic rings. The molecule has 1 heterocycles. The minimum Gasteiger partial charge on any atom is -0.508 e. The number of rotatable bonds is 10. The lowest BCUT2D eigenvalue weighted by atomic mass is 9.91. The van der Waals surface area contributed by atoms with E-state index < -0.39 is 29.3 Å². The molecule has 0 saturated carbocycles. The highest BCUT2D eigenvalue weighted by Crippen LogP contribution is 2.43. The molecule has 3 rings (SSSR count). The lowest BCUT2D eigenvalue weighted by Crippen LogP contribution is -2.48. The van der Waals surface area contributed by atoms with E-state index in [0.29, 0.717) is 36.2 Å². The molecule has 2 aromatic carbocycles. The number of anilines is 3. The average Bonchev–Trinajstić information content (AvgIpc) is 2.93. The number of amides is 1. The van der Waals surface area contributed by atoms with Gasteiger partial charge in [0.25, 0.3) is 5.91 Å². The molecule has 2 aromatic rings. The first-order chi connectivity index (χ1) is 17.6. The average molecular weight is 529 g/mol. The Morgan fingerprint density at radius 3 is 2.42 bits per heavy atom. The summed E-state index contributed by atoms with van der Waals surface area (Å²) in [7, 11) is 0. The summed E-state index contributed by atoms with van der Waals surface area (Å²) in [5.74, 6) is -0.670. The normalized spacial score (nSPS) is 17.1. The lowest BCUT2D eigenvalue weighted by Gasteiger charge is -2.33. The largest absolute Gasteiger partial charge is 0.508 e. The van der Waals surface area contributed by atoms with Crippen LogP contribution in [0, 0.1) is 6.92 Å². The lowest BCUT2D eigenvalue weighted by molar-refractivity contribution is -0.0613. The van der Waals surface area contributed by atoms with E-state index in [0.717, 1.165) is 5.57 Å². The Labute approximate surface area is 223 Å². The van der Waals surface area contributed by atoms with Crippen molar-refractivity contribution in [2.45, 2.75) is 83.7 Å². The second-order valence-corrected chi connectivity index (χ2v) is 11.1. The van der Waals surface area contributed by atoms with Crippen molar-refractivity contribution in [3.8, 4) is 11.5 Å². The van der Waals surface area contributed by atoms with Crippen molar-refractivity contribution >= 4 is 23.0 Å². The maximum atomic E-state index is 13.6. The Morgan fingerprint density at radius 1 is 1.08 bits per heavy atom. The number of aromatic hydroxyl groups is 2. The van der Waals surface area contributed by atoms with Gasteiger partial charge in [-0.25, -0.2) is 0 Å².